The molecule has 1 aliphatic heterocycles. The predicted octanol–water partition coefficient (Wildman–Crippen LogP) is 2.11. The van der Waals surface area contributed by atoms with Gasteiger partial charge in [-0.1, -0.05) is 11.6 Å². The summed E-state index contributed by atoms with van der Waals surface area (Å²) in [6, 6.07) is 3.23. The summed E-state index contributed by atoms with van der Waals surface area (Å²) in [7, 11) is 0. The number of likely N-dealkylation sites (tertiary alicyclic amines) is 1. The molecule has 1 atom stereocenters. The summed E-state index contributed by atoms with van der Waals surface area (Å²) in [5, 5.41) is 3.32. The van der Waals surface area contributed by atoms with E-state index in [1.807, 2.05) is 0 Å². The van der Waals surface area contributed by atoms with Crippen LogP contribution in [-0.4, -0.2) is 41.3 Å². The zero-order chi connectivity index (χ0) is 15.5. The second-order valence-electron chi connectivity index (χ2n) is 6.15. The molecule has 2 fully saturated rings. The number of carbonyl (C=O) groups excluding carboxylic acids is 2. The number of hydrogen-bond acceptors (Lipinski definition) is 3. The number of aromatic nitrogens is 1. The van der Waals surface area contributed by atoms with Gasteiger partial charge >= 0.3 is 0 Å². The largest absolute Gasteiger partial charge is 0.356 e. The summed E-state index contributed by atoms with van der Waals surface area (Å²) in [6.45, 7) is 1.95. The molecular formula is C16H20ClN3O2. The molecule has 22 heavy (non-hydrogen) atoms. The van der Waals surface area contributed by atoms with Crippen molar-refractivity contribution in [2.45, 2.75) is 25.7 Å². The van der Waals surface area contributed by atoms with Crippen LogP contribution in [0.1, 0.15) is 36.0 Å². The topological polar surface area (TPSA) is 62.3 Å². The standard InChI is InChI=1S/C16H20ClN3O2/c17-14-8-12(5-6-18-14)16(22)20-7-1-2-13(10-20)15(21)19-9-11-3-4-11/h5-6,8,11,13H,1-4,7,9-10H2,(H,19,21). The van der Waals surface area contributed by atoms with E-state index < -0.39 is 0 Å². The van der Waals surface area contributed by atoms with Gasteiger partial charge in [-0.3, -0.25) is 9.59 Å². The first-order valence-electron chi connectivity index (χ1n) is 7.82. The second kappa shape index (κ2) is 6.65. The molecule has 2 amide bonds. The molecule has 6 heteroatoms. The molecule has 1 aromatic heterocycles. The maximum Gasteiger partial charge on any atom is 0.254 e. The lowest BCUT2D eigenvalue weighted by atomic mass is 9.96. The highest BCUT2D eigenvalue weighted by molar-refractivity contribution is 6.29. The monoisotopic (exact) mass is 321 g/mol. The van der Waals surface area contributed by atoms with E-state index in [1.165, 1.54) is 19.0 Å². The minimum atomic E-state index is -0.103. The van der Waals surface area contributed by atoms with Gasteiger partial charge in [0.25, 0.3) is 5.91 Å². The predicted molar refractivity (Wildman–Crippen MR) is 83.6 cm³/mol. The summed E-state index contributed by atoms with van der Waals surface area (Å²) < 4.78 is 0. The normalized spacial score (nSPS) is 21.5. The molecule has 0 aromatic carbocycles. The molecule has 2 heterocycles. The Hall–Kier alpha value is -1.62. The highest BCUT2D eigenvalue weighted by Gasteiger charge is 2.30. The van der Waals surface area contributed by atoms with Crippen molar-refractivity contribution in [1.82, 2.24) is 15.2 Å². The molecule has 1 N–H and O–H groups in total. The fourth-order valence-electron chi connectivity index (χ4n) is 2.80. The van der Waals surface area contributed by atoms with Gasteiger partial charge in [-0.25, -0.2) is 4.98 Å². The number of pyridine rings is 1. The van der Waals surface area contributed by atoms with Crippen molar-refractivity contribution in [2.75, 3.05) is 19.6 Å². The Kier molecular flexibility index (Phi) is 4.62. The molecule has 0 spiro atoms. The summed E-state index contributed by atoms with van der Waals surface area (Å²) in [5.74, 6) is 0.569. The van der Waals surface area contributed by atoms with Crippen LogP contribution in [0.4, 0.5) is 0 Å². The van der Waals surface area contributed by atoms with Crippen LogP contribution in [0.5, 0.6) is 0 Å². The average Bonchev–Trinajstić information content (AvgIpc) is 3.36. The Balaban J connectivity index is 1.59. The smallest absolute Gasteiger partial charge is 0.254 e. The first-order chi connectivity index (χ1) is 10.6. The SMILES string of the molecule is O=C(NCC1CC1)C1CCCN(C(=O)c2ccnc(Cl)c2)C1. The summed E-state index contributed by atoms with van der Waals surface area (Å²) in [5.41, 5.74) is 0.527. The highest BCUT2D eigenvalue weighted by Crippen LogP contribution is 2.28. The van der Waals surface area contributed by atoms with Crippen LogP contribution < -0.4 is 5.32 Å². The molecule has 1 unspecified atom stereocenters. The molecule has 1 saturated carbocycles. The summed E-state index contributed by atoms with van der Waals surface area (Å²) in [6.07, 6.45) is 5.67. The third kappa shape index (κ3) is 3.77. The number of hydrogen-bond donors (Lipinski definition) is 1. The van der Waals surface area contributed by atoms with Gasteiger partial charge in [0.2, 0.25) is 5.91 Å². The number of carbonyl (C=O) groups is 2. The third-order valence-electron chi connectivity index (χ3n) is 4.31. The minimum Gasteiger partial charge on any atom is -0.356 e. The van der Waals surface area contributed by atoms with E-state index in [-0.39, 0.29) is 17.7 Å². The molecule has 0 bridgehead atoms. The van der Waals surface area contributed by atoms with Gasteiger partial charge in [-0.2, -0.15) is 0 Å². The van der Waals surface area contributed by atoms with Gasteiger partial charge in [-0.05, 0) is 43.7 Å². The second-order valence-corrected chi connectivity index (χ2v) is 6.53. The fourth-order valence-corrected chi connectivity index (χ4v) is 2.98. The number of nitrogens with zero attached hydrogens (tertiary/aromatic N) is 2. The van der Waals surface area contributed by atoms with Crippen LogP contribution in [0.3, 0.4) is 0 Å². The summed E-state index contributed by atoms with van der Waals surface area (Å²) in [4.78, 5) is 30.3. The van der Waals surface area contributed by atoms with Crippen LogP contribution >= 0.6 is 11.6 Å². The molecule has 1 aromatic rings. The number of piperidine rings is 1. The Bertz CT molecular complexity index is 574. The lowest BCUT2D eigenvalue weighted by Gasteiger charge is -2.32. The highest BCUT2D eigenvalue weighted by atomic mass is 35.5. The van der Waals surface area contributed by atoms with Crippen molar-refractivity contribution in [3.8, 4) is 0 Å². The van der Waals surface area contributed by atoms with E-state index in [2.05, 4.69) is 10.3 Å². The Morgan fingerprint density at radius 1 is 1.36 bits per heavy atom. The first-order valence-corrected chi connectivity index (χ1v) is 8.20. The molecule has 118 valence electrons. The lowest BCUT2D eigenvalue weighted by Crippen LogP contribution is -2.45. The molecular weight excluding hydrogens is 302 g/mol. The van der Waals surface area contributed by atoms with Crippen LogP contribution in [0.15, 0.2) is 18.3 Å². The summed E-state index contributed by atoms with van der Waals surface area (Å²) >= 11 is 5.84. The van der Waals surface area contributed by atoms with Crippen molar-refractivity contribution >= 4 is 23.4 Å². The molecule has 2 aliphatic rings. The Labute approximate surface area is 135 Å². The number of halogens is 1. The van der Waals surface area contributed by atoms with E-state index in [4.69, 9.17) is 11.6 Å². The number of rotatable bonds is 4. The van der Waals surface area contributed by atoms with Gasteiger partial charge in [0.05, 0.1) is 5.92 Å². The zero-order valence-electron chi connectivity index (χ0n) is 12.4. The number of amides is 2. The Morgan fingerprint density at radius 3 is 2.91 bits per heavy atom. The quantitative estimate of drug-likeness (QED) is 0.864. The number of nitrogens with one attached hydrogen (secondary N) is 1. The van der Waals surface area contributed by atoms with Crippen LogP contribution in [-0.2, 0) is 4.79 Å². The van der Waals surface area contributed by atoms with Gasteiger partial charge in [0, 0.05) is 31.4 Å². The van der Waals surface area contributed by atoms with Gasteiger partial charge < -0.3 is 10.2 Å². The molecule has 0 radical (unpaired) electrons. The van der Waals surface area contributed by atoms with E-state index in [0.717, 1.165) is 19.4 Å². The van der Waals surface area contributed by atoms with Crippen LogP contribution in [0.2, 0.25) is 5.15 Å². The maximum absolute atomic E-state index is 12.5. The minimum absolute atomic E-state index is 0.0796. The Morgan fingerprint density at radius 2 is 2.18 bits per heavy atom. The molecule has 1 aliphatic carbocycles. The van der Waals surface area contributed by atoms with Crippen molar-refractivity contribution in [3.05, 3.63) is 29.0 Å². The fraction of sp³-hybridized carbons (Fsp3) is 0.562. The van der Waals surface area contributed by atoms with Gasteiger partial charge in [0.15, 0.2) is 0 Å². The van der Waals surface area contributed by atoms with Crippen molar-refractivity contribution in [3.63, 3.8) is 0 Å². The van der Waals surface area contributed by atoms with Gasteiger partial charge in [-0.15, -0.1) is 0 Å². The lowest BCUT2D eigenvalue weighted by molar-refractivity contribution is -0.126. The van der Waals surface area contributed by atoms with Crippen molar-refractivity contribution in [2.24, 2.45) is 11.8 Å². The van der Waals surface area contributed by atoms with E-state index >= 15 is 0 Å². The molecule has 3 rings (SSSR count). The van der Waals surface area contributed by atoms with E-state index in [0.29, 0.717) is 29.7 Å². The van der Waals surface area contributed by atoms with Crippen molar-refractivity contribution in [1.29, 1.82) is 0 Å². The van der Waals surface area contributed by atoms with Crippen LogP contribution in [0.25, 0.3) is 0 Å². The van der Waals surface area contributed by atoms with Crippen LogP contribution in [0, 0.1) is 11.8 Å². The van der Waals surface area contributed by atoms with E-state index in [9.17, 15) is 9.59 Å². The zero-order valence-corrected chi connectivity index (χ0v) is 13.2. The molecule has 5 nitrogen and oxygen atoms in total. The first kappa shape index (κ1) is 15.3. The van der Waals surface area contributed by atoms with E-state index in [1.54, 1.807) is 17.0 Å². The molecule has 1 saturated heterocycles. The van der Waals surface area contributed by atoms with Gasteiger partial charge in [0.1, 0.15) is 5.15 Å². The van der Waals surface area contributed by atoms with Crippen molar-refractivity contribution < 1.29 is 9.59 Å². The third-order valence-corrected chi connectivity index (χ3v) is 4.52. The average molecular weight is 322 g/mol. The maximum atomic E-state index is 12.5.